The number of hydrogen-bond acceptors (Lipinski definition) is 3. The Hall–Kier alpha value is -2.37. The summed E-state index contributed by atoms with van der Waals surface area (Å²) >= 11 is 0. The molecule has 6 nitrogen and oxygen atoms in total. The Morgan fingerprint density at radius 3 is 2.86 bits per heavy atom. The molecule has 2 heterocycles. The maximum atomic E-state index is 4.49. The highest BCUT2D eigenvalue weighted by Gasteiger charge is 2.21. The van der Waals surface area contributed by atoms with E-state index in [4.69, 9.17) is 0 Å². The van der Waals surface area contributed by atoms with Gasteiger partial charge in [0, 0.05) is 44.3 Å². The maximum absolute atomic E-state index is 4.49. The fourth-order valence-electron chi connectivity index (χ4n) is 2.35. The molecule has 0 unspecified atom stereocenters. The van der Waals surface area contributed by atoms with Gasteiger partial charge in [-0.3, -0.25) is 9.56 Å². The van der Waals surface area contributed by atoms with Crippen LogP contribution in [0, 0.1) is 12.8 Å². The van der Waals surface area contributed by atoms with Crippen LogP contribution in [-0.4, -0.2) is 34.1 Å². The molecule has 0 radical (unpaired) electrons. The molecule has 2 aromatic heterocycles. The summed E-state index contributed by atoms with van der Waals surface area (Å²) in [6, 6.07) is 4.02. The Morgan fingerprint density at radius 1 is 1.32 bits per heavy atom. The Morgan fingerprint density at radius 2 is 2.18 bits per heavy atom. The van der Waals surface area contributed by atoms with Gasteiger partial charge in [0.25, 0.3) is 0 Å². The molecule has 1 aliphatic rings. The van der Waals surface area contributed by atoms with Gasteiger partial charge in [0.15, 0.2) is 5.96 Å². The molecule has 0 amide bonds. The summed E-state index contributed by atoms with van der Waals surface area (Å²) in [6.45, 7) is 3.65. The molecule has 0 atom stereocenters. The lowest BCUT2D eigenvalue weighted by Crippen LogP contribution is -2.38. The molecule has 1 saturated carbocycles. The fraction of sp³-hybridized carbons (Fsp3) is 0.438. The molecule has 3 rings (SSSR count). The zero-order valence-electron chi connectivity index (χ0n) is 13.1. The number of aromatic nitrogens is 3. The molecule has 0 aromatic carbocycles. The Bertz CT molecular complexity index is 656. The van der Waals surface area contributed by atoms with Crippen LogP contribution in [-0.2, 0) is 6.54 Å². The third kappa shape index (κ3) is 3.44. The smallest absolute Gasteiger partial charge is 0.191 e. The van der Waals surface area contributed by atoms with E-state index >= 15 is 0 Å². The minimum absolute atomic E-state index is 0.672. The molecule has 22 heavy (non-hydrogen) atoms. The van der Waals surface area contributed by atoms with E-state index in [9.17, 15) is 0 Å². The lowest BCUT2D eigenvalue weighted by atomic mass is 10.2. The zero-order chi connectivity index (χ0) is 15.4. The number of nitrogens with zero attached hydrogens (tertiary/aromatic N) is 4. The highest BCUT2D eigenvalue weighted by molar-refractivity contribution is 5.79. The summed E-state index contributed by atoms with van der Waals surface area (Å²) in [5.41, 5.74) is 1.11. The normalized spacial score (nSPS) is 14.9. The minimum Gasteiger partial charge on any atom is -0.356 e. The molecule has 1 fully saturated rings. The molecule has 116 valence electrons. The number of imidazole rings is 1. The van der Waals surface area contributed by atoms with E-state index in [2.05, 4.69) is 31.7 Å². The third-order valence-corrected chi connectivity index (χ3v) is 3.85. The molecule has 2 N–H and O–H groups in total. The SMILES string of the molecule is CN=C(NCc1cccnc1-n1ccnc1C)NCC1CC1. The van der Waals surface area contributed by atoms with Gasteiger partial charge in [0.2, 0.25) is 0 Å². The fourth-order valence-corrected chi connectivity index (χ4v) is 2.35. The predicted octanol–water partition coefficient (Wildman–Crippen LogP) is 1.65. The van der Waals surface area contributed by atoms with Crippen LogP contribution in [0.15, 0.2) is 35.7 Å². The van der Waals surface area contributed by atoms with E-state index in [1.165, 1.54) is 12.8 Å². The standard InChI is InChI=1S/C16H22N6/c1-12-18-8-9-22(12)15-14(4-3-7-19-15)11-21-16(17-2)20-10-13-5-6-13/h3-4,7-9,13H,5-6,10-11H2,1-2H3,(H2,17,20,21). The van der Waals surface area contributed by atoms with E-state index in [-0.39, 0.29) is 0 Å². The summed E-state index contributed by atoms with van der Waals surface area (Å²) in [5.74, 6) is 3.49. The largest absolute Gasteiger partial charge is 0.356 e. The monoisotopic (exact) mass is 298 g/mol. The highest BCUT2D eigenvalue weighted by atomic mass is 15.2. The van der Waals surface area contributed by atoms with Crippen molar-refractivity contribution in [2.45, 2.75) is 26.3 Å². The summed E-state index contributed by atoms with van der Waals surface area (Å²) in [7, 11) is 1.80. The lowest BCUT2D eigenvalue weighted by Gasteiger charge is -2.14. The van der Waals surface area contributed by atoms with Gasteiger partial charge in [0.1, 0.15) is 11.6 Å². The average Bonchev–Trinajstić information content (AvgIpc) is 3.28. The second-order valence-corrected chi connectivity index (χ2v) is 5.58. The van der Waals surface area contributed by atoms with Crippen molar-refractivity contribution in [2.24, 2.45) is 10.9 Å². The molecule has 6 heteroatoms. The van der Waals surface area contributed by atoms with Gasteiger partial charge in [-0.25, -0.2) is 9.97 Å². The van der Waals surface area contributed by atoms with E-state index in [0.29, 0.717) is 6.54 Å². The van der Waals surface area contributed by atoms with Crippen LogP contribution in [0.4, 0.5) is 0 Å². The van der Waals surface area contributed by atoms with Gasteiger partial charge in [-0.15, -0.1) is 0 Å². The van der Waals surface area contributed by atoms with Gasteiger partial charge in [-0.1, -0.05) is 6.07 Å². The number of aliphatic imine (C=N–C) groups is 1. The predicted molar refractivity (Wildman–Crippen MR) is 87.0 cm³/mol. The molecular weight excluding hydrogens is 276 g/mol. The van der Waals surface area contributed by atoms with Crippen LogP contribution in [0.2, 0.25) is 0 Å². The van der Waals surface area contributed by atoms with Crippen LogP contribution < -0.4 is 10.6 Å². The zero-order valence-corrected chi connectivity index (χ0v) is 13.1. The number of rotatable bonds is 5. The number of hydrogen-bond donors (Lipinski definition) is 2. The van der Waals surface area contributed by atoms with Crippen LogP contribution >= 0.6 is 0 Å². The van der Waals surface area contributed by atoms with Crippen molar-refractivity contribution in [3.05, 3.63) is 42.1 Å². The van der Waals surface area contributed by atoms with Gasteiger partial charge < -0.3 is 10.6 Å². The molecule has 0 saturated heterocycles. The number of pyridine rings is 1. The van der Waals surface area contributed by atoms with Crippen molar-refractivity contribution in [1.82, 2.24) is 25.2 Å². The van der Waals surface area contributed by atoms with E-state index in [1.54, 1.807) is 19.4 Å². The van der Waals surface area contributed by atoms with Crippen molar-refractivity contribution in [3.8, 4) is 5.82 Å². The third-order valence-electron chi connectivity index (χ3n) is 3.85. The van der Waals surface area contributed by atoms with Crippen LogP contribution in [0.1, 0.15) is 24.2 Å². The Kier molecular flexibility index (Phi) is 4.37. The van der Waals surface area contributed by atoms with Crippen molar-refractivity contribution >= 4 is 5.96 Å². The molecule has 1 aliphatic carbocycles. The van der Waals surface area contributed by atoms with Crippen molar-refractivity contribution in [1.29, 1.82) is 0 Å². The topological polar surface area (TPSA) is 67.1 Å². The first-order valence-corrected chi connectivity index (χ1v) is 7.66. The second kappa shape index (κ2) is 6.60. The summed E-state index contributed by atoms with van der Waals surface area (Å²) in [6.07, 6.45) is 8.18. The highest BCUT2D eigenvalue weighted by Crippen LogP contribution is 2.27. The quantitative estimate of drug-likeness (QED) is 0.650. The molecule has 0 bridgehead atoms. The molecule has 0 spiro atoms. The second-order valence-electron chi connectivity index (χ2n) is 5.58. The van der Waals surface area contributed by atoms with Crippen molar-refractivity contribution in [2.75, 3.05) is 13.6 Å². The lowest BCUT2D eigenvalue weighted by molar-refractivity contribution is 0.734. The van der Waals surface area contributed by atoms with E-state index in [0.717, 1.165) is 35.6 Å². The summed E-state index contributed by atoms with van der Waals surface area (Å²) in [4.78, 5) is 13.0. The molecular formula is C16H22N6. The number of guanidine groups is 1. The van der Waals surface area contributed by atoms with Gasteiger partial charge in [-0.2, -0.15) is 0 Å². The van der Waals surface area contributed by atoms with Crippen LogP contribution in [0.5, 0.6) is 0 Å². The number of nitrogens with one attached hydrogen (secondary N) is 2. The average molecular weight is 298 g/mol. The van der Waals surface area contributed by atoms with Gasteiger partial charge in [-0.05, 0) is 31.7 Å². The maximum Gasteiger partial charge on any atom is 0.191 e. The first-order valence-electron chi connectivity index (χ1n) is 7.66. The molecule has 0 aliphatic heterocycles. The van der Waals surface area contributed by atoms with E-state index < -0.39 is 0 Å². The Balaban J connectivity index is 1.68. The minimum atomic E-state index is 0.672. The van der Waals surface area contributed by atoms with E-state index in [1.807, 2.05) is 23.8 Å². The van der Waals surface area contributed by atoms with Crippen molar-refractivity contribution in [3.63, 3.8) is 0 Å². The van der Waals surface area contributed by atoms with Crippen LogP contribution in [0.3, 0.4) is 0 Å². The Labute approximate surface area is 130 Å². The summed E-state index contributed by atoms with van der Waals surface area (Å²) < 4.78 is 2.00. The number of aryl methyl sites for hydroxylation is 1. The molecule has 2 aromatic rings. The van der Waals surface area contributed by atoms with Crippen molar-refractivity contribution < 1.29 is 0 Å². The first-order chi connectivity index (χ1) is 10.8. The van der Waals surface area contributed by atoms with Crippen LogP contribution in [0.25, 0.3) is 5.82 Å². The van der Waals surface area contributed by atoms with Gasteiger partial charge in [0.05, 0.1) is 0 Å². The summed E-state index contributed by atoms with van der Waals surface area (Å²) in [5, 5.41) is 6.72. The first kappa shape index (κ1) is 14.6. The van der Waals surface area contributed by atoms with Gasteiger partial charge >= 0.3 is 0 Å².